The number of pyridine rings is 1. The Labute approximate surface area is 93.8 Å². The van der Waals surface area contributed by atoms with Crippen LogP contribution in [0, 0.1) is 5.92 Å². The summed E-state index contributed by atoms with van der Waals surface area (Å²) in [6.07, 6.45) is 4.07. The van der Waals surface area contributed by atoms with Crippen LogP contribution in [0.5, 0.6) is 5.75 Å². The summed E-state index contributed by atoms with van der Waals surface area (Å²) in [5, 5.41) is 0. The van der Waals surface area contributed by atoms with Crippen molar-refractivity contribution in [3.63, 3.8) is 0 Å². The Balaban J connectivity index is 2.49. The fourth-order valence-corrected chi connectivity index (χ4v) is 1.58. The first-order valence-electron chi connectivity index (χ1n) is 5.01. The smallest absolute Gasteiger partial charge is 0.152 e. The predicted molar refractivity (Wildman–Crippen MR) is 61.5 cm³/mol. The fraction of sp³-hybridized carbons (Fsp3) is 0.545. The van der Waals surface area contributed by atoms with Crippen LogP contribution in [0.3, 0.4) is 0 Å². The van der Waals surface area contributed by atoms with Crippen LogP contribution in [0.1, 0.15) is 26.7 Å². The quantitative estimate of drug-likeness (QED) is 0.752. The molecule has 1 rings (SSSR count). The third-order valence-corrected chi connectivity index (χ3v) is 2.95. The number of aromatic nitrogens is 1. The van der Waals surface area contributed by atoms with Crippen molar-refractivity contribution in [1.29, 1.82) is 0 Å². The van der Waals surface area contributed by atoms with E-state index in [0.717, 1.165) is 29.8 Å². The average molecular weight is 258 g/mol. The first-order valence-corrected chi connectivity index (χ1v) is 5.80. The van der Waals surface area contributed by atoms with E-state index in [1.54, 1.807) is 6.20 Å². The lowest BCUT2D eigenvalue weighted by Crippen LogP contribution is -2.10. The van der Waals surface area contributed by atoms with E-state index in [1.807, 2.05) is 12.1 Å². The van der Waals surface area contributed by atoms with E-state index in [4.69, 9.17) is 4.74 Å². The lowest BCUT2D eigenvalue weighted by atomic mass is 10.1. The molecule has 1 aromatic heterocycles. The number of halogens is 1. The van der Waals surface area contributed by atoms with Gasteiger partial charge in [0, 0.05) is 6.20 Å². The van der Waals surface area contributed by atoms with Crippen molar-refractivity contribution in [2.45, 2.75) is 26.7 Å². The Hall–Kier alpha value is -0.570. The molecule has 14 heavy (non-hydrogen) atoms. The maximum absolute atomic E-state index is 5.67. The Morgan fingerprint density at radius 1 is 1.43 bits per heavy atom. The summed E-state index contributed by atoms with van der Waals surface area (Å²) in [4.78, 5) is 4.10. The van der Waals surface area contributed by atoms with Gasteiger partial charge in [0.1, 0.15) is 4.60 Å². The molecule has 0 atom stereocenters. The molecule has 0 N–H and O–H groups in total. The van der Waals surface area contributed by atoms with Gasteiger partial charge in [-0.2, -0.15) is 0 Å². The second-order valence-corrected chi connectivity index (χ2v) is 4.04. The summed E-state index contributed by atoms with van der Waals surface area (Å²) in [6.45, 7) is 5.16. The minimum absolute atomic E-state index is 0.641. The second kappa shape index (κ2) is 6.02. The monoisotopic (exact) mass is 257 g/mol. The molecule has 0 unspecified atom stereocenters. The maximum Gasteiger partial charge on any atom is 0.152 e. The molecular weight excluding hydrogens is 242 g/mol. The van der Waals surface area contributed by atoms with E-state index in [2.05, 4.69) is 34.8 Å². The highest BCUT2D eigenvalue weighted by atomic mass is 79.9. The normalized spacial score (nSPS) is 10.6. The molecule has 0 aliphatic carbocycles. The van der Waals surface area contributed by atoms with Gasteiger partial charge >= 0.3 is 0 Å². The van der Waals surface area contributed by atoms with E-state index in [0.29, 0.717) is 5.92 Å². The Kier molecular flexibility index (Phi) is 4.94. The number of nitrogens with zero attached hydrogens (tertiary/aromatic N) is 1. The van der Waals surface area contributed by atoms with Gasteiger partial charge in [0.25, 0.3) is 0 Å². The van der Waals surface area contributed by atoms with E-state index >= 15 is 0 Å². The summed E-state index contributed by atoms with van der Waals surface area (Å²) in [6, 6.07) is 3.81. The average Bonchev–Trinajstić information content (AvgIpc) is 2.22. The van der Waals surface area contributed by atoms with Crippen molar-refractivity contribution in [3.05, 3.63) is 22.9 Å². The van der Waals surface area contributed by atoms with Crippen molar-refractivity contribution >= 4 is 15.9 Å². The van der Waals surface area contributed by atoms with Gasteiger partial charge in [0.2, 0.25) is 0 Å². The van der Waals surface area contributed by atoms with E-state index < -0.39 is 0 Å². The molecule has 2 nitrogen and oxygen atoms in total. The van der Waals surface area contributed by atoms with Crippen LogP contribution in [-0.4, -0.2) is 11.6 Å². The van der Waals surface area contributed by atoms with Gasteiger partial charge in [0.05, 0.1) is 6.61 Å². The van der Waals surface area contributed by atoms with Crippen molar-refractivity contribution in [1.82, 2.24) is 4.98 Å². The molecular formula is C11H16BrNO. The van der Waals surface area contributed by atoms with Gasteiger partial charge in [-0.15, -0.1) is 0 Å². The summed E-state index contributed by atoms with van der Waals surface area (Å²) in [7, 11) is 0. The minimum atomic E-state index is 0.641. The molecule has 0 fully saturated rings. The van der Waals surface area contributed by atoms with Crippen LogP contribution >= 0.6 is 15.9 Å². The first kappa shape index (κ1) is 11.5. The molecule has 0 amide bonds. The molecule has 0 saturated heterocycles. The molecule has 1 heterocycles. The van der Waals surface area contributed by atoms with Gasteiger partial charge in [-0.1, -0.05) is 26.7 Å². The molecule has 0 spiro atoms. The topological polar surface area (TPSA) is 22.1 Å². The standard InChI is InChI=1S/C11H16BrNO/c1-3-9(4-2)8-14-10-6-5-7-13-11(10)12/h5-7,9H,3-4,8H2,1-2H3. The second-order valence-electron chi connectivity index (χ2n) is 3.29. The molecule has 0 saturated carbocycles. The Bertz CT molecular complexity index is 274. The molecule has 0 aliphatic rings. The van der Waals surface area contributed by atoms with E-state index in [9.17, 15) is 0 Å². The van der Waals surface area contributed by atoms with Crippen LogP contribution in [0.15, 0.2) is 22.9 Å². The zero-order valence-electron chi connectivity index (χ0n) is 8.66. The van der Waals surface area contributed by atoms with Gasteiger partial charge < -0.3 is 4.74 Å². The number of ether oxygens (including phenoxy) is 1. The van der Waals surface area contributed by atoms with Crippen LogP contribution in [0.4, 0.5) is 0 Å². The number of rotatable bonds is 5. The van der Waals surface area contributed by atoms with Gasteiger partial charge in [-0.3, -0.25) is 0 Å². The van der Waals surface area contributed by atoms with E-state index in [1.165, 1.54) is 0 Å². The van der Waals surface area contributed by atoms with Gasteiger partial charge in [-0.25, -0.2) is 4.98 Å². The summed E-state index contributed by atoms with van der Waals surface area (Å²) in [5.74, 6) is 1.47. The van der Waals surface area contributed by atoms with Crippen LogP contribution < -0.4 is 4.74 Å². The Morgan fingerprint density at radius 2 is 2.14 bits per heavy atom. The highest BCUT2D eigenvalue weighted by molar-refractivity contribution is 9.10. The molecule has 78 valence electrons. The summed E-state index contributed by atoms with van der Waals surface area (Å²) >= 11 is 3.35. The molecule has 0 aliphatic heterocycles. The number of hydrogen-bond donors (Lipinski definition) is 0. The van der Waals surface area contributed by atoms with Crippen molar-refractivity contribution in [2.24, 2.45) is 5.92 Å². The minimum Gasteiger partial charge on any atom is -0.490 e. The molecule has 0 bridgehead atoms. The third-order valence-electron chi connectivity index (χ3n) is 2.35. The summed E-state index contributed by atoms with van der Waals surface area (Å²) in [5.41, 5.74) is 0. The highest BCUT2D eigenvalue weighted by Gasteiger charge is 2.06. The lowest BCUT2D eigenvalue weighted by Gasteiger charge is -2.13. The molecule has 1 aromatic rings. The van der Waals surface area contributed by atoms with Crippen LogP contribution in [0.2, 0.25) is 0 Å². The lowest BCUT2D eigenvalue weighted by molar-refractivity contribution is 0.238. The highest BCUT2D eigenvalue weighted by Crippen LogP contribution is 2.22. The fourth-order valence-electron chi connectivity index (χ4n) is 1.21. The zero-order valence-corrected chi connectivity index (χ0v) is 10.3. The molecule has 0 radical (unpaired) electrons. The van der Waals surface area contributed by atoms with Gasteiger partial charge in [0.15, 0.2) is 5.75 Å². The SMILES string of the molecule is CCC(CC)COc1cccnc1Br. The van der Waals surface area contributed by atoms with Gasteiger partial charge in [-0.05, 0) is 34.0 Å². The maximum atomic E-state index is 5.67. The van der Waals surface area contributed by atoms with Crippen molar-refractivity contribution in [3.8, 4) is 5.75 Å². The van der Waals surface area contributed by atoms with Crippen molar-refractivity contribution < 1.29 is 4.74 Å². The van der Waals surface area contributed by atoms with E-state index in [-0.39, 0.29) is 0 Å². The van der Waals surface area contributed by atoms with Crippen LogP contribution in [-0.2, 0) is 0 Å². The van der Waals surface area contributed by atoms with Crippen molar-refractivity contribution in [2.75, 3.05) is 6.61 Å². The zero-order chi connectivity index (χ0) is 10.4. The van der Waals surface area contributed by atoms with Crippen LogP contribution in [0.25, 0.3) is 0 Å². The Morgan fingerprint density at radius 3 is 2.71 bits per heavy atom. The summed E-state index contributed by atoms with van der Waals surface area (Å²) < 4.78 is 6.45. The first-order chi connectivity index (χ1) is 6.77. The third kappa shape index (κ3) is 3.29. The molecule has 0 aromatic carbocycles. The molecule has 3 heteroatoms. The largest absolute Gasteiger partial charge is 0.490 e. The predicted octanol–water partition coefficient (Wildman–Crippen LogP) is 3.66. The number of hydrogen-bond acceptors (Lipinski definition) is 2.